The van der Waals surface area contributed by atoms with Gasteiger partial charge in [0.05, 0.1) is 5.52 Å². The molecule has 0 fully saturated rings. The lowest BCUT2D eigenvalue weighted by atomic mass is 10.2. The number of hydrogen-bond donors (Lipinski definition) is 0. The van der Waals surface area contributed by atoms with Gasteiger partial charge in [0, 0.05) is 17.8 Å². The Morgan fingerprint density at radius 1 is 1.15 bits per heavy atom. The first-order valence-electron chi connectivity index (χ1n) is 4.11. The number of nitrogens with zero attached hydrogens (tertiary/aromatic N) is 3. The Bertz CT molecular complexity index is 573. The van der Waals surface area contributed by atoms with Crippen molar-refractivity contribution >= 4 is 16.6 Å². The van der Waals surface area contributed by atoms with Gasteiger partial charge in [-0.3, -0.25) is 4.40 Å². The fourth-order valence-corrected chi connectivity index (χ4v) is 1.51. The Kier molecular flexibility index (Phi) is 1.16. The van der Waals surface area contributed by atoms with Gasteiger partial charge < -0.3 is 0 Å². The predicted octanol–water partition coefficient (Wildman–Crippen LogP) is 1.99. The molecule has 0 amide bonds. The van der Waals surface area contributed by atoms with Gasteiger partial charge in [0.15, 0.2) is 0 Å². The van der Waals surface area contributed by atoms with E-state index in [0.717, 1.165) is 16.6 Å². The Labute approximate surface area is 76.2 Å². The average Bonchev–Trinajstić information content (AvgIpc) is 2.65. The zero-order chi connectivity index (χ0) is 8.67. The molecule has 13 heavy (non-hydrogen) atoms. The molecule has 0 atom stereocenters. The molecule has 2 aromatic heterocycles. The Balaban J connectivity index is 0.000000750. The molecule has 0 unspecified atom stereocenters. The van der Waals surface area contributed by atoms with Crippen LogP contribution in [0.4, 0.5) is 0 Å². The van der Waals surface area contributed by atoms with E-state index >= 15 is 0 Å². The van der Waals surface area contributed by atoms with Crippen LogP contribution in [-0.4, -0.2) is 14.4 Å². The van der Waals surface area contributed by atoms with E-state index in [9.17, 15) is 0 Å². The second-order valence-electron chi connectivity index (χ2n) is 2.92. The molecule has 0 saturated carbocycles. The van der Waals surface area contributed by atoms with Gasteiger partial charge in [0.25, 0.3) is 0 Å². The van der Waals surface area contributed by atoms with Gasteiger partial charge in [-0.1, -0.05) is 12.1 Å². The van der Waals surface area contributed by atoms with Crippen LogP contribution < -0.4 is 0 Å². The summed E-state index contributed by atoms with van der Waals surface area (Å²) in [7, 11) is 0. The standard InChI is InChI=1S/C10H7N3/c1-2-4-9-8(3-1)10-11-5-6-13(10)7-12-9/h1-7H/p+1. The summed E-state index contributed by atoms with van der Waals surface area (Å²) in [5.41, 5.74) is 1.95. The number of fused-ring (bicyclic) bond motifs is 3. The zero-order valence-electron chi connectivity index (χ0n) is 7.88. The molecule has 0 spiro atoms. The molecule has 62 valence electrons. The van der Waals surface area contributed by atoms with Crippen LogP contribution >= 0.6 is 0 Å². The van der Waals surface area contributed by atoms with Crippen molar-refractivity contribution in [1.82, 2.24) is 14.4 Å². The number of rotatable bonds is 0. The first kappa shape index (κ1) is 6.60. The van der Waals surface area contributed by atoms with Gasteiger partial charge in [-0.25, -0.2) is 9.97 Å². The van der Waals surface area contributed by atoms with Gasteiger partial charge >= 0.3 is 1.43 Å². The molecule has 2 heterocycles. The Hall–Kier alpha value is -1.90. The summed E-state index contributed by atoms with van der Waals surface area (Å²) in [6.45, 7) is 0. The summed E-state index contributed by atoms with van der Waals surface area (Å²) in [5, 5.41) is 1.09. The van der Waals surface area contributed by atoms with E-state index in [2.05, 4.69) is 9.97 Å². The first-order chi connectivity index (χ1) is 6.45. The van der Waals surface area contributed by atoms with Gasteiger partial charge in [-0.2, -0.15) is 0 Å². The summed E-state index contributed by atoms with van der Waals surface area (Å²) in [4.78, 5) is 8.57. The highest BCUT2D eigenvalue weighted by Gasteiger charge is 1.99. The van der Waals surface area contributed by atoms with Crippen molar-refractivity contribution in [3.05, 3.63) is 43.0 Å². The molecule has 0 radical (unpaired) electrons. The molecule has 1 aromatic carbocycles. The molecular weight excluding hydrogens is 162 g/mol. The lowest BCUT2D eigenvalue weighted by Gasteiger charge is -1.97. The van der Waals surface area contributed by atoms with E-state index in [1.165, 1.54) is 0 Å². The fraction of sp³-hybridized carbons (Fsp3) is 0. The highest BCUT2D eigenvalue weighted by Crippen LogP contribution is 2.14. The maximum Gasteiger partial charge on any atom is 1.00 e. The molecule has 3 aromatic rings. The quantitative estimate of drug-likeness (QED) is 0.516. The van der Waals surface area contributed by atoms with Crippen LogP contribution in [0.3, 0.4) is 0 Å². The van der Waals surface area contributed by atoms with Gasteiger partial charge in [-0.05, 0) is 12.1 Å². The molecule has 3 rings (SSSR count). The molecule has 0 bridgehead atoms. The third-order valence-corrected chi connectivity index (χ3v) is 2.13. The number of imidazole rings is 1. The van der Waals surface area contributed by atoms with E-state index in [1.807, 2.05) is 34.9 Å². The van der Waals surface area contributed by atoms with Crippen LogP contribution in [0.5, 0.6) is 0 Å². The lowest BCUT2D eigenvalue weighted by molar-refractivity contribution is 1.12. The van der Waals surface area contributed by atoms with Crippen molar-refractivity contribution in [2.45, 2.75) is 0 Å². The van der Waals surface area contributed by atoms with E-state index in [-0.39, 0.29) is 1.43 Å². The van der Waals surface area contributed by atoms with E-state index in [0.29, 0.717) is 0 Å². The second-order valence-corrected chi connectivity index (χ2v) is 2.92. The summed E-state index contributed by atoms with van der Waals surface area (Å²) in [6, 6.07) is 8.00. The Morgan fingerprint density at radius 3 is 3.08 bits per heavy atom. The smallest absolute Gasteiger partial charge is 0.290 e. The summed E-state index contributed by atoms with van der Waals surface area (Å²) >= 11 is 0. The minimum absolute atomic E-state index is 0. The average molecular weight is 170 g/mol. The predicted molar refractivity (Wildman–Crippen MR) is 51.6 cm³/mol. The molecule has 0 N–H and O–H groups in total. The minimum atomic E-state index is 0. The van der Waals surface area contributed by atoms with Gasteiger partial charge in [0.1, 0.15) is 12.0 Å². The fourth-order valence-electron chi connectivity index (χ4n) is 1.51. The summed E-state index contributed by atoms with van der Waals surface area (Å²) in [5.74, 6) is 0. The maximum absolute atomic E-state index is 4.30. The van der Waals surface area contributed by atoms with Crippen molar-refractivity contribution in [2.75, 3.05) is 0 Å². The largest absolute Gasteiger partial charge is 1.00 e. The molecule has 0 aliphatic rings. The van der Waals surface area contributed by atoms with Crippen LogP contribution in [0.2, 0.25) is 0 Å². The molecule has 3 heteroatoms. The molecule has 0 aliphatic carbocycles. The number of aromatic nitrogens is 3. The Morgan fingerprint density at radius 2 is 2.08 bits per heavy atom. The SMILES string of the molecule is [H+].c1ccc2c(c1)ncn1ccnc21. The van der Waals surface area contributed by atoms with Gasteiger partial charge in [-0.15, -0.1) is 0 Å². The van der Waals surface area contributed by atoms with Crippen molar-refractivity contribution in [3.63, 3.8) is 0 Å². The number of para-hydroxylation sites is 1. The van der Waals surface area contributed by atoms with Crippen LogP contribution in [0.25, 0.3) is 16.6 Å². The van der Waals surface area contributed by atoms with Crippen molar-refractivity contribution in [3.8, 4) is 0 Å². The monoisotopic (exact) mass is 170 g/mol. The van der Waals surface area contributed by atoms with Crippen LogP contribution in [-0.2, 0) is 0 Å². The van der Waals surface area contributed by atoms with Crippen LogP contribution in [0, 0.1) is 0 Å². The third kappa shape index (κ3) is 0.839. The minimum Gasteiger partial charge on any atom is -0.290 e. The third-order valence-electron chi connectivity index (χ3n) is 2.13. The lowest BCUT2D eigenvalue weighted by Crippen LogP contribution is -1.87. The van der Waals surface area contributed by atoms with Crippen molar-refractivity contribution in [1.29, 1.82) is 0 Å². The van der Waals surface area contributed by atoms with Gasteiger partial charge in [0.2, 0.25) is 0 Å². The molecule has 3 nitrogen and oxygen atoms in total. The highest BCUT2D eigenvalue weighted by atomic mass is 15.0. The van der Waals surface area contributed by atoms with E-state index in [1.54, 1.807) is 12.5 Å². The molecular formula is C10H8N3+. The second kappa shape index (κ2) is 2.29. The van der Waals surface area contributed by atoms with E-state index < -0.39 is 0 Å². The maximum atomic E-state index is 4.30. The van der Waals surface area contributed by atoms with Crippen LogP contribution in [0.15, 0.2) is 43.0 Å². The summed E-state index contributed by atoms with van der Waals surface area (Å²) in [6.07, 6.45) is 5.46. The molecule has 0 saturated heterocycles. The normalized spacial score (nSPS) is 11.1. The zero-order valence-corrected chi connectivity index (χ0v) is 6.88. The number of hydrogen-bond acceptors (Lipinski definition) is 2. The van der Waals surface area contributed by atoms with Crippen molar-refractivity contribution < 1.29 is 1.43 Å². The van der Waals surface area contributed by atoms with E-state index in [4.69, 9.17) is 0 Å². The number of benzene rings is 1. The highest BCUT2D eigenvalue weighted by molar-refractivity contribution is 5.90. The topological polar surface area (TPSA) is 30.2 Å². The van der Waals surface area contributed by atoms with Crippen LogP contribution in [0.1, 0.15) is 1.43 Å². The summed E-state index contributed by atoms with van der Waals surface area (Å²) < 4.78 is 1.92. The first-order valence-corrected chi connectivity index (χ1v) is 4.11. The molecule has 0 aliphatic heterocycles. The van der Waals surface area contributed by atoms with Crippen molar-refractivity contribution in [2.24, 2.45) is 0 Å².